The third-order valence-electron chi connectivity index (χ3n) is 5.01. The number of thiophene rings is 1. The number of anilines is 1. The normalized spacial score (nSPS) is 12.8. The molecule has 0 atom stereocenters. The summed E-state index contributed by atoms with van der Waals surface area (Å²) in [6.07, 6.45) is 1.76. The van der Waals surface area contributed by atoms with Gasteiger partial charge in [0, 0.05) is 10.6 Å². The molecular weight excluding hydrogens is 408 g/mol. The van der Waals surface area contributed by atoms with Gasteiger partial charge in [-0.15, -0.1) is 11.3 Å². The maximum Gasteiger partial charge on any atom is 0.265 e. The van der Waals surface area contributed by atoms with Crippen molar-refractivity contribution in [3.63, 3.8) is 0 Å². The van der Waals surface area contributed by atoms with Crippen LogP contribution in [0.3, 0.4) is 0 Å². The van der Waals surface area contributed by atoms with Gasteiger partial charge in [-0.1, -0.05) is 6.07 Å². The Morgan fingerprint density at radius 1 is 1.10 bits per heavy atom. The van der Waals surface area contributed by atoms with E-state index in [1.807, 2.05) is 24.3 Å². The van der Waals surface area contributed by atoms with Crippen LogP contribution in [0.4, 0.5) is 5.69 Å². The van der Waals surface area contributed by atoms with E-state index in [0.717, 1.165) is 34.6 Å². The molecule has 1 amide bonds. The monoisotopic (exact) mass is 428 g/mol. The lowest BCUT2D eigenvalue weighted by molar-refractivity contribution is 0.103. The summed E-state index contributed by atoms with van der Waals surface area (Å²) in [5.74, 6) is 0.551. The second kappa shape index (κ2) is 7.29. The van der Waals surface area contributed by atoms with Gasteiger partial charge in [-0.25, -0.2) is 13.6 Å². The van der Waals surface area contributed by atoms with Gasteiger partial charge in [0.05, 0.1) is 16.9 Å². The van der Waals surface area contributed by atoms with Crippen LogP contribution >= 0.6 is 11.3 Å². The van der Waals surface area contributed by atoms with Crippen molar-refractivity contribution in [1.29, 1.82) is 0 Å². The van der Waals surface area contributed by atoms with E-state index < -0.39 is 10.0 Å². The van der Waals surface area contributed by atoms with E-state index in [0.29, 0.717) is 16.1 Å². The molecule has 0 fully saturated rings. The molecule has 1 aromatic heterocycles. The highest BCUT2D eigenvalue weighted by molar-refractivity contribution is 7.89. The summed E-state index contributed by atoms with van der Waals surface area (Å²) in [5, 5.41) is 8.03. The lowest BCUT2D eigenvalue weighted by Gasteiger charge is -2.16. The van der Waals surface area contributed by atoms with Gasteiger partial charge in [0.15, 0.2) is 0 Å². The first-order chi connectivity index (χ1) is 13.8. The van der Waals surface area contributed by atoms with Crippen molar-refractivity contribution in [1.82, 2.24) is 0 Å². The highest BCUT2D eigenvalue weighted by atomic mass is 32.2. The lowest BCUT2D eigenvalue weighted by Crippen LogP contribution is -2.15. The zero-order valence-corrected chi connectivity index (χ0v) is 17.6. The first kappa shape index (κ1) is 19.6. The summed E-state index contributed by atoms with van der Waals surface area (Å²) >= 11 is 1.44. The summed E-state index contributed by atoms with van der Waals surface area (Å²) in [4.78, 5) is 14.5. The predicted molar refractivity (Wildman–Crippen MR) is 114 cm³/mol. The van der Waals surface area contributed by atoms with Crippen LogP contribution in [-0.2, 0) is 22.9 Å². The lowest BCUT2D eigenvalue weighted by atomic mass is 9.91. The molecule has 150 valence electrons. The third kappa shape index (κ3) is 3.78. The molecule has 0 bridgehead atoms. The maximum absolute atomic E-state index is 12.8. The highest BCUT2D eigenvalue weighted by Gasteiger charge is 2.22. The van der Waals surface area contributed by atoms with Gasteiger partial charge in [0.1, 0.15) is 5.75 Å². The summed E-state index contributed by atoms with van der Waals surface area (Å²) in [6.45, 7) is 1.66. The van der Waals surface area contributed by atoms with E-state index in [4.69, 9.17) is 9.88 Å². The molecule has 2 aromatic carbocycles. The molecule has 0 saturated heterocycles. The SMILES string of the molecule is COc1ccc2c(c1)CCc1cc(C(=O)Nc3ccc(C)c(S(N)(=O)=O)c3)sc1-2. The Morgan fingerprint density at radius 2 is 1.86 bits per heavy atom. The third-order valence-corrected chi connectivity index (χ3v) is 7.27. The van der Waals surface area contributed by atoms with Gasteiger partial charge in [0.2, 0.25) is 10.0 Å². The molecule has 0 unspecified atom stereocenters. The molecule has 1 heterocycles. The molecule has 0 radical (unpaired) electrons. The van der Waals surface area contributed by atoms with Gasteiger partial charge in [-0.3, -0.25) is 4.79 Å². The highest BCUT2D eigenvalue weighted by Crippen LogP contribution is 2.41. The van der Waals surface area contributed by atoms with Crippen LogP contribution in [0.1, 0.15) is 26.4 Å². The number of hydrogen-bond donors (Lipinski definition) is 2. The Labute approximate surface area is 173 Å². The number of hydrogen-bond acceptors (Lipinski definition) is 5. The summed E-state index contributed by atoms with van der Waals surface area (Å²) in [5.41, 5.74) is 4.40. The Bertz CT molecular complexity index is 1230. The minimum Gasteiger partial charge on any atom is -0.497 e. The van der Waals surface area contributed by atoms with Crippen LogP contribution in [0.15, 0.2) is 47.4 Å². The number of carbonyl (C=O) groups is 1. The Hall–Kier alpha value is -2.68. The Kier molecular flexibility index (Phi) is 4.94. The standard InChI is InChI=1S/C21H20N2O4S2/c1-12-3-6-15(11-19(12)29(22,25)26)23-21(24)18-10-14-5-4-13-9-16(27-2)7-8-17(13)20(14)28-18/h3,6-11H,4-5H2,1-2H3,(H,23,24)(H2,22,25,26). The topological polar surface area (TPSA) is 98.5 Å². The average molecular weight is 429 g/mol. The molecule has 1 aliphatic carbocycles. The Balaban J connectivity index is 1.63. The van der Waals surface area contributed by atoms with Crippen molar-refractivity contribution in [3.05, 3.63) is 64.0 Å². The second-order valence-electron chi connectivity index (χ2n) is 6.97. The van der Waals surface area contributed by atoms with E-state index in [-0.39, 0.29) is 10.8 Å². The number of carbonyl (C=O) groups excluding carboxylic acids is 1. The van der Waals surface area contributed by atoms with Crippen LogP contribution in [-0.4, -0.2) is 21.4 Å². The quantitative estimate of drug-likeness (QED) is 0.661. The van der Waals surface area contributed by atoms with Crippen molar-refractivity contribution in [3.8, 4) is 16.2 Å². The predicted octanol–water partition coefficient (Wildman–Crippen LogP) is 3.73. The van der Waals surface area contributed by atoms with Crippen LogP contribution in [0, 0.1) is 6.92 Å². The van der Waals surface area contributed by atoms with E-state index >= 15 is 0 Å². The van der Waals surface area contributed by atoms with E-state index in [1.54, 1.807) is 26.2 Å². The summed E-state index contributed by atoms with van der Waals surface area (Å²) in [7, 11) is -2.21. The number of primary sulfonamides is 1. The van der Waals surface area contributed by atoms with Crippen molar-refractivity contribution >= 4 is 33.0 Å². The minimum atomic E-state index is -3.86. The van der Waals surface area contributed by atoms with Crippen molar-refractivity contribution in [2.24, 2.45) is 5.14 Å². The van der Waals surface area contributed by atoms with E-state index in [2.05, 4.69) is 5.32 Å². The number of rotatable bonds is 4. The molecular formula is C21H20N2O4S2. The molecule has 3 aromatic rings. The smallest absolute Gasteiger partial charge is 0.265 e. The number of benzene rings is 2. The number of methoxy groups -OCH3 is 1. The number of amides is 1. The molecule has 0 saturated carbocycles. The number of fused-ring (bicyclic) bond motifs is 3. The zero-order chi connectivity index (χ0) is 20.8. The van der Waals surface area contributed by atoms with Crippen LogP contribution < -0.4 is 15.2 Å². The average Bonchev–Trinajstić information content (AvgIpc) is 3.13. The number of aryl methyl sites for hydroxylation is 3. The fourth-order valence-corrected chi connectivity index (χ4v) is 5.50. The molecule has 3 N–H and O–H groups in total. The first-order valence-electron chi connectivity index (χ1n) is 9.01. The first-order valence-corrected chi connectivity index (χ1v) is 11.4. The van der Waals surface area contributed by atoms with Gasteiger partial charge in [-0.05, 0) is 78.4 Å². The number of nitrogens with two attached hydrogens (primary N) is 1. The number of sulfonamides is 1. The molecule has 29 heavy (non-hydrogen) atoms. The van der Waals surface area contributed by atoms with Crippen LogP contribution in [0.25, 0.3) is 10.4 Å². The van der Waals surface area contributed by atoms with Crippen molar-refractivity contribution in [2.75, 3.05) is 12.4 Å². The molecule has 0 aliphatic heterocycles. The van der Waals surface area contributed by atoms with Crippen LogP contribution in [0.5, 0.6) is 5.75 Å². The van der Waals surface area contributed by atoms with Crippen molar-refractivity contribution in [2.45, 2.75) is 24.7 Å². The van der Waals surface area contributed by atoms with Gasteiger partial charge in [0.25, 0.3) is 5.91 Å². The fourth-order valence-electron chi connectivity index (χ4n) is 3.53. The number of nitrogens with one attached hydrogen (secondary N) is 1. The minimum absolute atomic E-state index is 0.00338. The van der Waals surface area contributed by atoms with E-state index in [1.165, 1.54) is 23.0 Å². The van der Waals surface area contributed by atoms with Crippen molar-refractivity contribution < 1.29 is 17.9 Å². The molecule has 8 heteroatoms. The zero-order valence-electron chi connectivity index (χ0n) is 16.0. The fraction of sp³-hybridized carbons (Fsp3) is 0.190. The van der Waals surface area contributed by atoms with E-state index in [9.17, 15) is 13.2 Å². The van der Waals surface area contributed by atoms with Gasteiger partial charge in [-0.2, -0.15) is 0 Å². The summed E-state index contributed by atoms with van der Waals surface area (Å²) < 4.78 is 28.7. The summed E-state index contributed by atoms with van der Waals surface area (Å²) in [6, 6.07) is 12.6. The van der Waals surface area contributed by atoms with Crippen LogP contribution in [0.2, 0.25) is 0 Å². The van der Waals surface area contributed by atoms with Gasteiger partial charge >= 0.3 is 0 Å². The maximum atomic E-state index is 12.8. The molecule has 0 spiro atoms. The molecule has 4 rings (SSSR count). The Morgan fingerprint density at radius 3 is 2.59 bits per heavy atom. The number of ether oxygens (including phenoxy) is 1. The molecule has 6 nitrogen and oxygen atoms in total. The largest absolute Gasteiger partial charge is 0.497 e. The second-order valence-corrected chi connectivity index (χ2v) is 9.55. The molecule has 1 aliphatic rings. The van der Waals surface area contributed by atoms with Gasteiger partial charge < -0.3 is 10.1 Å².